The third-order valence-corrected chi connectivity index (χ3v) is 3.41. The minimum Gasteiger partial charge on any atom is -0.462 e. The van der Waals surface area contributed by atoms with Gasteiger partial charge in [-0.3, -0.25) is 0 Å². The first-order valence-corrected chi connectivity index (χ1v) is 9.12. The zero-order valence-electron chi connectivity index (χ0n) is 13.7. The molecule has 0 saturated heterocycles. The molecule has 1 unspecified atom stereocenters. The summed E-state index contributed by atoms with van der Waals surface area (Å²) in [6.07, 6.45) is 0.472. The van der Waals surface area contributed by atoms with Gasteiger partial charge in [0.25, 0.3) is 5.66 Å². The second-order valence-corrected chi connectivity index (χ2v) is 6.18. The smallest absolute Gasteiger partial charge is 0.338 e. The average Bonchev–Trinajstić information content (AvgIpc) is 2.53. The van der Waals surface area contributed by atoms with E-state index in [0.29, 0.717) is 11.8 Å². The molecule has 1 atom stereocenters. The van der Waals surface area contributed by atoms with Gasteiger partial charge in [-0.05, 0) is 32.4 Å². The van der Waals surface area contributed by atoms with E-state index < -0.39 is 17.6 Å². The van der Waals surface area contributed by atoms with Crippen LogP contribution >= 0.6 is 25.2 Å². The highest BCUT2D eigenvalue weighted by Gasteiger charge is 2.19. The molecule has 0 radical (unpaired) electrons. The van der Waals surface area contributed by atoms with Gasteiger partial charge in [-0.2, -0.15) is 0 Å². The fourth-order valence-electron chi connectivity index (χ4n) is 1.56. The maximum absolute atomic E-state index is 11.9. The van der Waals surface area contributed by atoms with E-state index in [9.17, 15) is 18.4 Å². The monoisotopic (exact) mass is 426 g/mol. The lowest BCUT2D eigenvalue weighted by atomic mass is 10.1. The van der Waals surface area contributed by atoms with Crippen LogP contribution in [0, 0.1) is 0 Å². The minimum atomic E-state index is -2.56. The Hall–Kier alpha value is -1.07. The molecule has 136 valence electrons. The molecular weight excluding hydrogens is 405 g/mol. The molecule has 0 aliphatic heterocycles. The van der Waals surface area contributed by atoms with Crippen LogP contribution in [0.25, 0.3) is 0 Å². The number of benzene rings is 1. The molecule has 0 bridgehead atoms. The summed E-state index contributed by atoms with van der Waals surface area (Å²) in [6, 6.07) is 6.44. The number of hydrogen-bond donors (Lipinski definition) is 0. The highest BCUT2D eigenvalue weighted by Crippen LogP contribution is 2.27. The fourth-order valence-corrected chi connectivity index (χ4v) is 2.04. The first kappa shape index (κ1) is 22.9. The van der Waals surface area contributed by atoms with E-state index in [1.54, 1.807) is 38.1 Å². The Morgan fingerprint density at radius 3 is 1.75 bits per heavy atom. The van der Waals surface area contributed by atoms with Crippen LogP contribution in [-0.2, 0) is 9.47 Å². The van der Waals surface area contributed by atoms with Crippen molar-refractivity contribution in [1.29, 1.82) is 0 Å². The number of hydrogen-bond acceptors (Lipinski definition) is 4. The van der Waals surface area contributed by atoms with Crippen LogP contribution in [0.2, 0.25) is 0 Å². The lowest BCUT2D eigenvalue weighted by Gasteiger charge is -2.07. The predicted octanol–water partition coefficient (Wildman–Crippen LogP) is 4.67. The molecule has 1 aromatic carbocycles. The van der Waals surface area contributed by atoms with Crippen molar-refractivity contribution in [3.8, 4) is 0 Å². The molecule has 4 nitrogen and oxygen atoms in total. The Morgan fingerprint density at radius 2 is 1.50 bits per heavy atom. The molecule has 8 heteroatoms. The first-order valence-electron chi connectivity index (χ1n) is 7.42. The van der Waals surface area contributed by atoms with Crippen molar-refractivity contribution in [2.24, 2.45) is 0 Å². The Balaban J connectivity index is 0.000000561. The Kier molecular flexibility index (Phi) is 11.8. The number of alkyl halides is 3. The summed E-state index contributed by atoms with van der Waals surface area (Å²) in [7, 11) is 1.51. The molecule has 0 amide bonds. The average molecular weight is 427 g/mol. The molecule has 1 aromatic rings. The number of carbonyl (C=O) groups excluding carboxylic acids is 2. The van der Waals surface area contributed by atoms with E-state index in [2.05, 4.69) is 15.9 Å². The van der Waals surface area contributed by atoms with Gasteiger partial charge in [-0.25, -0.2) is 18.4 Å². The standard InChI is InChI=1S/C12H14O4.C4H8BrF2P/c1-3-15-11(13)9-7-5-6-8-10(9)12(14)16-4-2;5-3-1-2-4(6,7)8/h5-8H,3-4H2,1-2H3;1-3,8H2. The Labute approximate surface area is 151 Å². The van der Waals surface area contributed by atoms with E-state index in [4.69, 9.17) is 9.47 Å². The highest BCUT2D eigenvalue weighted by atomic mass is 79.9. The van der Waals surface area contributed by atoms with Gasteiger partial charge >= 0.3 is 11.9 Å². The van der Waals surface area contributed by atoms with Crippen LogP contribution in [0.3, 0.4) is 0 Å². The molecule has 0 saturated carbocycles. The van der Waals surface area contributed by atoms with Crippen LogP contribution in [0.4, 0.5) is 8.78 Å². The molecule has 0 spiro atoms. The SMILES string of the molecule is CCOC(=O)c1ccccc1C(=O)OCC.FC(F)(P)CCCBr. The second kappa shape index (κ2) is 12.3. The molecule has 24 heavy (non-hydrogen) atoms. The number of ether oxygens (including phenoxy) is 2. The van der Waals surface area contributed by atoms with Crippen molar-refractivity contribution in [3.05, 3.63) is 35.4 Å². The highest BCUT2D eigenvalue weighted by molar-refractivity contribution is 9.09. The van der Waals surface area contributed by atoms with Gasteiger partial charge in [0.2, 0.25) is 0 Å². The molecule has 0 heterocycles. The van der Waals surface area contributed by atoms with Crippen LogP contribution < -0.4 is 0 Å². The van der Waals surface area contributed by atoms with E-state index in [1.807, 2.05) is 0 Å². The zero-order chi connectivity index (χ0) is 18.6. The fraction of sp³-hybridized carbons (Fsp3) is 0.500. The van der Waals surface area contributed by atoms with Crippen molar-refractivity contribution < 1.29 is 27.8 Å². The van der Waals surface area contributed by atoms with Gasteiger partial charge in [-0.1, -0.05) is 37.3 Å². The summed E-state index contributed by atoms with van der Waals surface area (Å²) < 4.78 is 33.4. The van der Waals surface area contributed by atoms with Crippen molar-refractivity contribution in [2.45, 2.75) is 32.4 Å². The van der Waals surface area contributed by atoms with Crippen LogP contribution in [-0.4, -0.2) is 36.1 Å². The molecule has 0 aliphatic carbocycles. The zero-order valence-corrected chi connectivity index (χ0v) is 16.4. The second-order valence-electron chi connectivity index (χ2n) is 4.54. The summed E-state index contributed by atoms with van der Waals surface area (Å²) in [5.74, 6) is -1.02. The van der Waals surface area contributed by atoms with Crippen molar-refractivity contribution in [1.82, 2.24) is 0 Å². The lowest BCUT2D eigenvalue weighted by Crippen LogP contribution is -2.13. The van der Waals surface area contributed by atoms with Crippen LogP contribution in [0.15, 0.2) is 24.3 Å². The molecule has 0 aromatic heterocycles. The molecule has 0 N–H and O–H groups in total. The maximum atomic E-state index is 11.9. The van der Waals surface area contributed by atoms with Crippen LogP contribution in [0.1, 0.15) is 47.4 Å². The van der Waals surface area contributed by atoms with Crippen LogP contribution in [0.5, 0.6) is 0 Å². The van der Waals surface area contributed by atoms with Crippen molar-refractivity contribution in [3.63, 3.8) is 0 Å². The molecule has 1 rings (SSSR count). The van der Waals surface area contributed by atoms with Gasteiger partial charge in [0.1, 0.15) is 0 Å². The third kappa shape index (κ3) is 9.93. The Bertz CT molecular complexity index is 484. The van der Waals surface area contributed by atoms with Gasteiger partial charge < -0.3 is 9.47 Å². The molecule has 0 fully saturated rings. The molecular formula is C16H22BrF2O4P. The van der Waals surface area contributed by atoms with Crippen molar-refractivity contribution >= 4 is 37.1 Å². The third-order valence-electron chi connectivity index (χ3n) is 2.56. The number of esters is 2. The topological polar surface area (TPSA) is 52.6 Å². The first-order chi connectivity index (χ1) is 11.3. The minimum absolute atomic E-state index is 0.0527. The van der Waals surface area contributed by atoms with Gasteiger partial charge in [0.15, 0.2) is 0 Å². The number of rotatable bonds is 7. The van der Waals surface area contributed by atoms with E-state index in [0.717, 1.165) is 0 Å². The number of halogens is 3. The van der Waals surface area contributed by atoms with E-state index in [1.165, 1.54) is 9.24 Å². The van der Waals surface area contributed by atoms with Gasteiger partial charge in [0, 0.05) is 11.8 Å². The molecule has 0 aliphatic rings. The number of carbonyl (C=O) groups is 2. The normalized spacial score (nSPS) is 10.4. The summed E-state index contributed by atoms with van der Waals surface area (Å²) in [5.41, 5.74) is -2.08. The van der Waals surface area contributed by atoms with Crippen molar-refractivity contribution in [2.75, 3.05) is 18.5 Å². The quantitative estimate of drug-likeness (QED) is 0.361. The predicted molar refractivity (Wildman–Crippen MR) is 96.0 cm³/mol. The summed E-state index contributed by atoms with van der Waals surface area (Å²) >= 11 is 3.06. The summed E-state index contributed by atoms with van der Waals surface area (Å²) in [6.45, 7) is 3.97. The summed E-state index contributed by atoms with van der Waals surface area (Å²) in [4.78, 5) is 23.1. The lowest BCUT2D eigenvalue weighted by molar-refractivity contribution is 0.0479. The Morgan fingerprint density at radius 1 is 1.08 bits per heavy atom. The van der Waals surface area contributed by atoms with Gasteiger partial charge in [-0.15, -0.1) is 0 Å². The van der Waals surface area contributed by atoms with E-state index in [-0.39, 0.29) is 30.8 Å². The van der Waals surface area contributed by atoms with Gasteiger partial charge in [0.05, 0.1) is 24.3 Å². The van der Waals surface area contributed by atoms with E-state index >= 15 is 0 Å². The summed E-state index contributed by atoms with van der Waals surface area (Å²) in [5, 5.41) is 0.650. The largest absolute Gasteiger partial charge is 0.462 e. The maximum Gasteiger partial charge on any atom is 0.338 e.